The molecular weight excluding hydrogens is 332 g/mol. The number of hydrogen-bond acceptors (Lipinski definition) is 5. The molecule has 4 rings (SSSR count). The summed E-state index contributed by atoms with van der Waals surface area (Å²) in [6, 6.07) is 22.1. The van der Waals surface area contributed by atoms with Crippen LogP contribution in [0.3, 0.4) is 0 Å². The van der Waals surface area contributed by atoms with E-state index >= 15 is 0 Å². The quantitative estimate of drug-likeness (QED) is 0.490. The Kier molecular flexibility index (Phi) is 4.61. The van der Waals surface area contributed by atoms with Gasteiger partial charge in [0, 0.05) is 11.9 Å². The number of nitrogens with zero attached hydrogens (tertiary/aromatic N) is 4. The molecule has 0 saturated carbocycles. The lowest BCUT2D eigenvalue weighted by atomic mass is 10.2. The van der Waals surface area contributed by atoms with E-state index in [2.05, 4.69) is 15.3 Å². The summed E-state index contributed by atoms with van der Waals surface area (Å²) in [7, 11) is 0. The third-order valence-electron chi connectivity index (χ3n) is 3.66. The average molecular weight is 348 g/mol. The molecule has 0 aliphatic rings. The van der Waals surface area contributed by atoms with Gasteiger partial charge >= 0.3 is 0 Å². The van der Waals surface area contributed by atoms with E-state index in [0.717, 1.165) is 16.9 Å². The number of rotatable bonds is 6. The Morgan fingerprint density at radius 2 is 1.64 bits per heavy atom. The highest BCUT2D eigenvalue weighted by molar-refractivity contribution is 7.98. The Morgan fingerprint density at radius 3 is 2.44 bits per heavy atom. The van der Waals surface area contributed by atoms with Crippen molar-refractivity contribution < 1.29 is 4.42 Å². The second-order valence-corrected chi connectivity index (χ2v) is 6.43. The van der Waals surface area contributed by atoms with Crippen molar-refractivity contribution >= 4 is 11.8 Å². The lowest BCUT2D eigenvalue weighted by Crippen LogP contribution is -1.94. The molecule has 0 amide bonds. The van der Waals surface area contributed by atoms with Gasteiger partial charge in [-0.1, -0.05) is 60.3 Å². The third kappa shape index (κ3) is 3.97. The van der Waals surface area contributed by atoms with E-state index in [1.165, 1.54) is 11.8 Å². The maximum Gasteiger partial charge on any atom is 0.276 e. The van der Waals surface area contributed by atoms with Gasteiger partial charge in [-0.3, -0.25) is 0 Å². The highest BCUT2D eigenvalue weighted by Gasteiger charge is 2.09. The normalized spacial score (nSPS) is 10.9. The molecule has 0 N–H and O–H groups in total. The maximum atomic E-state index is 5.71. The summed E-state index contributed by atoms with van der Waals surface area (Å²) in [5.74, 6) is 1.32. The molecule has 2 aromatic heterocycles. The summed E-state index contributed by atoms with van der Waals surface area (Å²) < 4.78 is 7.57. The summed E-state index contributed by atoms with van der Waals surface area (Å²) in [5, 5.41) is 13.4. The number of para-hydroxylation sites is 1. The fourth-order valence-corrected chi connectivity index (χ4v) is 3.12. The average Bonchev–Trinajstić information content (AvgIpc) is 3.31. The summed E-state index contributed by atoms with van der Waals surface area (Å²) in [4.78, 5) is 0. The topological polar surface area (TPSA) is 56.7 Å². The lowest BCUT2D eigenvalue weighted by Gasteiger charge is -1.99. The minimum absolute atomic E-state index is 0.570. The predicted octanol–water partition coefficient (Wildman–Crippen LogP) is 4.14. The fourth-order valence-electron chi connectivity index (χ4n) is 2.44. The van der Waals surface area contributed by atoms with Crippen LogP contribution in [0.15, 0.2) is 82.6 Å². The van der Waals surface area contributed by atoms with Gasteiger partial charge in [0.25, 0.3) is 5.22 Å². The molecule has 2 heterocycles. The van der Waals surface area contributed by atoms with Gasteiger partial charge in [0.2, 0.25) is 5.89 Å². The molecule has 4 aromatic rings. The van der Waals surface area contributed by atoms with E-state index in [-0.39, 0.29) is 0 Å². The first-order valence-corrected chi connectivity index (χ1v) is 8.94. The van der Waals surface area contributed by atoms with Crippen molar-refractivity contribution in [3.8, 4) is 5.69 Å². The molecule has 2 aromatic carbocycles. The van der Waals surface area contributed by atoms with E-state index in [4.69, 9.17) is 4.42 Å². The molecular formula is C19H16N4OS. The SMILES string of the molecule is c1ccc(Cc2nnc(SCc3ccn(-c4ccccc4)n3)o2)cc1. The van der Waals surface area contributed by atoms with Gasteiger partial charge in [-0.25, -0.2) is 4.68 Å². The van der Waals surface area contributed by atoms with Gasteiger partial charge in [0.05, 0.1) is 17.8 Å². The number of hydrogen-bond donors (Lipinski definition) is 0. The van der Waals surface area contributed by atoms with E-state index < -0.39 is 0 Å². The molecule has 124 valence electrons. The van der Waals surface area contributed by atoms with Crippen LogP contribution in [0.25, 0.3) is 5.69 Å². The standard InChI is InChI=1S/C19H16N4OS/c1-3-7-15(8-4-1)13-18-20-21-19(24-18)25-14-16-11-12-23(22-16)17-9-5-2-6-10-17/h1-12H,13-14H2. The fraction of sp³-hybridized carbons (Fsp3) is 0.105. The van der Waals surface area contributed by atoms with Crippen molar-refractivity contribution in [2.45, 2.75) is 17.4 Å². The van der Waals surface area contributed by atoms with Gasteiger partial charge in [-0.05, 0) is 23.8 Å². The molecule has 0 aliphatic heterocycles. The Morgan fingerprint density at radius 1 is 0.880 bits per heavy atom. The van der Waals surface area contributed by atoms with Crippen LogP contribution < -0.4 is 0 Å². The van der Waals surface area contributed by atoms with Crippen LogP contribution in [0.1, 0.15) is 17.1 Å². The zero-order valence-electron chi connectivity index (χ0n) is 13.4. The number of aromatic nitrogens is 4. The Balaban J connectivity index is 1.37. The number of thioether (sulfide) groups is 1. The van der Waals surface area contributed by atoms with Crippen molar-refractivity contribution in [1.82, 2.24) is 20.0 Å². The van der Waals surface area contributed by atoms with E-state index in [1.54, 1.807) is 0 Å². The monoisotopic (exact) mass is 348 g/mol. The highest BCUT2D eigenvalue weighted by atomic mass is 32.2. The van der Waals surface area contributed by atoms with Crippen LogP contribution in [0, 0.1) is 0 Å². The summed E-state index contributed by atoms with van der Waals surface area (Å²) in [6.45, 7) is 0. The van der Waals surface area contributed by atoms with Gasteiger partial charge < -0.3 is 4.42 Å². The van der Waals surface area contributed by atoms with Crippen molar-refractivity contribution in [3.05, 3.63) is 90.1 Å². The van der Waals surface area contributed by atoms with Crippen molar-refractivity contribution in [3.63, 3.8) is 0 Å². The van der Waals surface area contributed by atoms with E-state index in [1.807, 2.05) is 77.6 Å². The van der Waals surface area contributed by atoms with E-state index in [0.29, 0.717) is 23.3 Å². The van der Waals surface area contributed by atoms with Gasteiger partial charge in [0.1, 0.15) is 0 Å². The molecule has 0 unspecified atom stereocenters. The number of benzene rings is 2. The first-order chi connectivity index (χ1) is 12.4. The first-order valence-electron chi connectivity index (χ1n) is 7.96. The van der Waals surface area contributed by atoms with Crippen LogP contribution in [0.4, 0.5) is 0 Å². The molecule has 6 heteroatoms. The molecule has 0 radical (unpaired) electrons. The van der Waals surface area contributed by atoms with Crippen LogP contribution in [0.5, 0.6) is 0 Å². The zero-order chi connectivity index (χ0) is 16.9. The molecule has 0 atom stereocenters. The molecule has 0 fully saturated rings. The van der Waals surface area contributed by atoms with Gasteiger partial charge in [0.15, 0.2) is 0 Å². The van der Waals surface area contributed by atoms with E-state index in [9.17, 15) is 0 Å². The molecule has 25 heavy (non-hydrogen) atoms. The van der Waals surface area contributed by atoms with Crippen LogP contribution in [-0.2, 0) is 12.2 Å². The third-order valence-corrected chi connectivity index (χ3v) is 4.51. The Bertz CT molecular complexity index is 934. The maximum absolute atomic E-state index is 5.71. The molecule has 5 nitrogen and oxygen atoms in total. The van der Waals surface area contributed by atoms with Crippen LogP contribution >= 0.6 is 11.8 Å². The second-order valence-electron chi connectivity index (χ2n) is 5.50. The molecule has 0 saturated heterocycles. The van der Waals surface area contributed by atoms with Crippen molar-refractivity contribution in [1.29, 1.82) is 0 Å². The minimum Gasteiger partial charge on any atom is -0.416 e. The summed E-state index contributed by atoms with van der Waals surface area (Å²) in [6.07, 6.45) is 2.61. The summed E-state index contributed by atoms with van der Waals surface area (Å²) in [5.41, 5.74) is 3.17. The first kappa shape index (κ1) is 15.7. The van der Waals surface area contributed by atoms with Crippen molar-refractivity contribution in [2.75, 3.05) is 0 Å². The van der Waals surface area contributed by atoms with Gasteiger partial charge in [-0.2, -0.15) is 5.10 Å². The molecule has 0 bridgehead atoms. The highest BCUT2D eigenvalue weighted by Crippen LogP contribution is 2.22. The van der Waals surface area contributed by atoms with Crippen LogP contribution in [0.2, 0.25) is 0 Å². The Hall–Kier alpha value is -2.86. The lowest BCUT2D eigenvalue weighted by molar-refractivity contribution is 0.420. The Labute approximate surface area is 149 Å². The second kappa shape index (κ2) is 7.36. The minimum atomic E-state index is 0.570. The van der Waals surface area contributed by atoms with Crippen LogP contribution in [-0.4, -0.2) is 20.0 Å². The summed E-state index contributed by atoms with van der Waals surface area (Å²) >= 11 is 1.50. The largest absolute Gasteiger partial charge is 0.416 e. The van der Waals surface area contributed by atoms with Gasteiger partial charge in [-0.15, -0.1) is 10.2 Å². The predicted molar refractivity (Wildman–Crippen MR) is 96.7 cm³/mol. The molecule has 0 spiro atoms. The smallest absolute Gasteiger partial charge is 0.276 e. The molecule has 0 aliphatic carbocycles. The zero-order valence-corrected chi connectivity index (χ0v) is 14.3. The van der Waals surface area contributed by atoms with Crippen molar-refractivity contribution in [2.24, 2.45) is 0 Å².